The molecule has 1 aliphatic heterocycles. The average Bonchev–Trinajstić information content (AvgIpc) is 2.45. The number of aliphatic hydroxyl groups is 1. The molecule has 3 unspecified atom stereocenters. The van der Waals surface area contributed by atoms with Gasteiger partial charge in [-0.1, -0.05) is 6.92 Å². The first kappa shape index (κ1) is 11.0. The Kier molecular flexibility index (Phi) is 3.46. The lowest BCUT2D eigenvalue weighted by Gasteiger charge is -2.14. The number of nitrogens with one attached hydrogen (secondary N) is 1. The molecule has 1 rings (SSSR count). The van der Waals surface area contributed by atoms with Crippen LogP contribution >= 0.6 is 0 Å². The third-order valence-electron chi connectivity index (χ3n) is 2.69. The molecule has 0 bridgehead atoms. The Morgan fingerprint density at radius 3 is 2.79 bits per heavy atom. The summed E-state index contributed by atoms with van der Waals surface area (Å²) < 4.78 is 4.56. The van der Waals surface area contributed by atoms with Crippen LogP contribution in [0.5, 0.6) is 0 Å². The molecule has 5 heteroatoms. The molecule has 80 valence electrons. The van der Waals surface area contributed by atoms with Crippen LogP contribution in [-0.2, 0) is 14.3 Å². The minimum atomic E-state index is -0.566. The topological polar surface area (TPSA) is 75.6 Å². The van der Waals surface area contributed by atoms with E-state index in [9.17, 15) is 9.59 Å². The first-order chi connectivity index (χ1) is 6.61. The lowest BCUT2D eigenvalue weighted by atomic mass is 9.90. The van der Waals surface area contributed by atoms with Crippen molar-refractivity contribution in [2.24, 2.45) is 11.8 Å². The first-order valence-corrected chi connectivity index (χ1v) is 4.61. The van der Waals surface area contributed by atoms with E-state index in [4.69, 9.17) is 5.11 Å². The van der Waals surface area contributed by atoms with E-state index in [1.165, 1.54) is 7.11 Å². The molecule has 2 N–H and O–H groups in total. The smallest absolute Gasteiger partial charge is 0.328 e. The van der Waals surface area contributed by atoms with E-state index < -0.39 is 12.0 Å². The predicted molar refractivity (Wildman–Crippen MR) is 48.3 cm³/mol. The summed E-state index contributed by atoms with van der Waals surface area (Å²) >= 11 is 0. The molecule has 5 nitrogen and oxygen atoms in total. The third-order valence-corrected chi connectivity index (χ3v) is 2.69. The maximum absolute atomic E-state index is 11.4. The fourth-order valence-corrected chi connectivity index (χ4v) is 1.80. The zero-order valence-corrected chi connectivity index (χ0v) is 8.32. The van der Waals surface area contributed by atoms with Crippen LogP contribution < -0.4 is 5.32 Å². The number of carbonyl (C=O) groups is 2. The highest BCUT2D eigenvalue weighted by Gasteiger charge is 2.42. The monoisotopic (exact) mass is 201 g/mol. The molecule has 1 saturated heterocycles. The van der Waals surface area contributed by atoms with E-state index >= 15 is 0 Å². The maximum atomic E-state index is 11.4. The first-order valence-electron chi connectivity index (χ1n) is 4.61. The van der Waals surface area contributed by atoms with Crippen molar-refractivity contribution in [2.75, 3.05) is 13.7 Å². The number of rotatable bonds is 3. The molecule has 0 spiro atoms. The maximum Gasteiger partial charge on any atom is 0.328 e. The van der Waals surface area contributed by atoms with Gasteiger partial charge >= 0.3 is 5.97 Å². The highest BCUT2D eigenvalue weighted by molar-refractivity contribution is 5.90. The summed E-state index contributed by atoms with van der Waals surface area (Å²) in [5.74, 6) is -1.01. The van der Waals surface area contributed by atoms with Crippen LogP contribution in [0, 0.1) is 11.8 Å². The van der Waals surface area contributed by atoms with Gasteiger partial charge in [0, 0.05) is 12.5 Å². The third kappa shape index (κ3) is 1.87. The highest BCUT2D eigenvalue weighted by Crippen LogP contribution is 2.26. The number of ether oxygens (including phenoxy) is 1. The van der Waals surface area contributed by atoms with Gasteiger partial charge in [-0.2, -0.15) is 0 Å². The molecule has 0 aromatic carbocycles. The average molecular weight is 201 g/mol. The number of hydrogen-bond donors (Lipinski definition) is 2. The Balaban J connectivity index is 2.68. The molecule has 0 saturated carbocycles. The van der Waals surface area contributed by atoms with E-state index in [1.54, 1.807) is 6.92 Å². The zero-order valence-electron chi connectivity index (χ0n) is 8.32. The SMILES string of the molecule is COC(=O)C1NC(=O)C(CCO)C1C. The summed E-state index contributed by atoms with van der Waals surface area (Å²) in [7, 11) is 1.29. The Bertz CT molecular complexity index is 241. The highest BCUT2D eigenvalue weighted by atomic mass is 16.5. The summed E-state index contributed by atoms with van der Waals surface area (Å²) in [6.07, 6.45) is 0.389. The van der Waals surface area contributed by atoms with Crippen LogP contribution in [-0.4, -0.2) is 36.7 Å². The zero-order chi connectivity index (χ0) is 10.7. The summed E-state index contributed by atoms with van der Waals surface area (Å²) in [5.41, 5.74) is 0. The van der Waals surface area contributed by atoms with E-state index in [2.05, 4.69) is 10.1 Å². The number of methoxy groups -OCH3 is 1. The fourth-order valence-electron chi connectivity index (χ4n) is 1.80. The van der Waals surface area contributed by atoms with Crippen LogP contribution in [0.25, 0.3) is 0 Å². The van der Waals surface area contributed by atoms with Gasteiger partial charge in [-0.3, -0.25) is 4.79 Å². The molecule has 1 aliphatic rings. The van der Waals surface area contributed by atoms with Gasteiger partial charge in [-0.15, -0.1) is 0 Å². The second-order valence-corrected chi connectivity index (χ2v) is 3.49. The van der Waals surface area contributed by atoms with E-state index in [0.717, 1.165) is 0 Å². The van der Waals surface area contributed by atoms with Gasteiger partial charge in [-0.25, -0.2) is 4.79 Å². The number of amides is 1. The van der Waals surface area contributed by atoms with Crippen molar-refractivity contribution in [3.63, 3.8) is 0 Å². The van der Waals surface area contributed by atoms with Crippen molar-refractivity contribution in [2.45, 2.75) is 19.4 Å². The van der Waals surface area contributed by atoms with E-state index in [1.807, 2.05) is 0 Å². The Morgan fingerprint density at radius 2 is 2.29 bits per heavy atom. The summed E-state index contributed by atoms with van der Waals surface area (Å²) in [4.78, 5) is 22.6. The van der Waals surface area contributed by atoms with Gasteiger partial charge in [0.05, 0.1) is 7.11 Å². The van der Waals surface area contributed by atoms with Crippen molar-refractivity contribution >= 4 is 11.9 Å². The molecule has 0 radical (unpaired) electrons. The van der Waals surface area contributed by atoms with Crippen LogP contribution in [0.4, 0.5) is 0 Å². The summed E-state index contributed by atoms with van der Waals surface area (Å²) in [5, 5.41) is 11.3. The number of carbonyl (C=O) groups excluding carboxylic acids is 2. The van der Waals surface area contributed by atoms with Gasteiger partial charge in [0.15, 0.2) is 0 Å². The molecule has 0 aromatic heterocycles. The van der Waals surface area contributed by atoms with Crippen LogP contribution in [0.1, 0.15) is 13.3 Å². The Labute approximate surface area is 82.4 Å². The molecule has 3 atom stereocenters. The minimum Gasteiger partial charge on any atom is -0.467 e. The van der Waals surface area contributed by atoms with Gasteiger partial charge in [0.1, 0.15) is 6.04 Å². The van der Waals surface area contributed by atoms with Crippen LogP contribution in [0.15, 0.2) is 0 Å². The molecular formula is C9H15NO4. The summed E-state index contributed by atoms with van der Waals surface area (Å²) in [6.45, 7) is 1.76. The number of esters is 1. The Hall–Kier alpha value is -1.10. The summed E-state index contributed by atoms with van der Waals surface area (Å²) in [6, 6.07) is -0.566. The number of aliphatic hydroxyl groups excluding tert-OH is 1. The van der Waals surface area contributed by atoms with Crippen molar-refractivity contribution in [3.8, 4) is 0 Å². The molecular weight excluding hydrogens is 186 g/mol. The molecule has 14 heavy (non-hydrogen) atoms. The fraction of sp³-hybridized carbons (Fsp3) is 0.778. The van der Waals surface area contributed by atoms with E-state index in [-0.39, 0.29) is 24.3 Å². The second kappa shape index (κ2) is 4.41. The minimum absolute atomic E-state index is 0.0453. The largest absolute Gasteiger partial charge is 0.467 e. The molecule has 0 aromatic rings. The molecule has 1 fully saturated rings. The normalized spacial score (nSPS) is 31.4. The lowest BCUT2D eigenvalue weighted by molar-refractivity contribution is -0.144. The van der Waals surface area contributed by atoms with Gasteiger partial charge < -0.3 is 15.2 Å². The quantitative estimate of drug-likeness (QED) is 0.592. The van der Waals surface area contributed by atoms with Gasteiger partial charge in [0.25, 0.3) is 0 Å². The molecule has 1 heterocycles. The van der Waals surface area contributed by atoms with Crippen molar-refractivity contribution in [1.82, 2.24) is 5.32 Å². The van der Waals surface area contributed by atoms with Gasteiger partial charge in [-0.05, 0) is 12.3 Å². The number of hydrogen-bond acceptors (Lipinski definition) is 4. The van der Waals surface area contributed by atoms with E-state index in [0.29, 0.717) is 6.42 Å². The van der Waals surface area contributed by atoms with Crippen molar-refractivity contribution < 1.29 is 19.4 Å². The standard InChI is InChI=1S/C9H15NO4/c1-5-6(3-4-11)8(12)10-7(5)9(13)14-2/h5-7,11H,3-4H2,1-2H3,(H,10,12). The molecule has 1 amide bonds. The van der Waals surface area contributed by atoms with Gasteiger partial charge in [0.2, 0.25) is 5.91 Å². The van der Waals surface area contributed by atoms with Crippen LogP contribution in [0.3, 0.4) is 0 Å². The Morgan fingerprint density at radius 1 is 1.64 bits per heavy atom. The lowest BCUT2D eigenvalue weighted by Crippen LogP contribution is -2.37. The molecule has 0 aliphatic carbocycles. The predicted octanol–water partition coefficient (Wildman–Crippen LogP) is -0.707. The van der Waals surface area contributed by atoms with Crippen molar-refractivity contribution in [1.29, 1.82) is 0 Å². The second-order valence-electron chi connectivity index (χ2n) is 3.49. The van der Waals surface area contributed by atoms with Crippen molar-refractivity contribution in [3.05, 3.63) is 0 Å². The van der Waals surface area contributed by atoms with Crippen LogP contribution in [0.2, 0.25) is 0 Å².